The summed E-state index contributed by atoms with van der Waals surface area (Å²) in [6.45, 7) is 0. The van der Waals surface area contributed by atoms with Gasteiger partial charge in [0, 0.05) is 11.4 Å². The number of hydrogen-bond acceptors (Lipinski definition) is 2. The molecule has 0 aromatic heterocycles. The Hall–Kier alpha value is -2.38. The van der Waals surface area contributed by atoms with E-state index in [1.165, 1.54) is 24.3 Å². The summed E-state index contributed by atoms with van der Waals surface area (Å²) in [4.78, 5) is 0. The lowest BCUT2D eigenvalue weighted by Crippen LogP contribution is -2.14. The summed E-state index contributed by atoms with van der Waals surface area (Å²) in [6.07, 6.45) is -9.69. The molecular weight excluding hydrogens is 310 g/mol. The topological polar surface area (TPSA) is 52.0 Å². The molecule has 0 aliphatic rings. The van der Waals surface area contributed by atoms with Crippen LogP contribution in [-0.4, -0.2) is 0 Å². The van der Waals surface area contributed by atoms with Crippen molar-refractivity contribution in [3.63, 3.8) is 0 Å². The van der Waals surface area contributed by atoms with Crippen molar-refractivity contribution in [2.24, 2.45) is 0 Å². The Balaban J connectivity index is 2.76. The lowest BCUT2D eigenvalue weighted by molar-refractivity contribution is -0.140. The highest BCUT2D eigenvalue weighted by Gasteiger charge is 2.39. The number of halogens is 6. The second-order valence-corrected chi connectivity index (χ2v) is 4.60. The van der Waals surface area contributed by atoms with E-state index in [4.69, 9.17) is 11.5 Å². The molecule has 2 nitrogen and oxygen atoms in total. The molecule has 0 aliphatic carbocycles. The number of benzene rings is 2. The zero-order valence-corrected chi connectivity index (χ0v) is 10.9. The van der Waals surface area contributed by atoms with Crippen molar-refractivity contribution in [2.45, 2.75) is 12.4 Å². The summed E-state index contributed by atoms with van der Waals surface area (Å²) < 4.78 is 77.7. The highest BCUT2D eigenvalue weighted by atomic mass is 19.4. The molecule has 22 heavy (non-hydrogen) atoms. The van der Waals surface area contributed by atoms with Gasteiger partial charge in [0.05, 0.1) is 11.1 Å². The summed E-state index contributed by atoms with van der Waals surface area (Å²) in [5, 5.41) is 0. The molecule has 2 rings (SSSR count). The van der Waals surface area contributed by atoms with E-state index in [0.717, 1.165) is 0 Å². The van der Waals surface area contributed by atoms with Crippen LogP contribution in [0.3, 0.4) is 0 Å². The van der Waals surface area contributed by atoms with Gasteiger partial charge in [0.15, 0.2) is 0 Å². The van der Waals surface area contributed by atoms with Crippen LogP contribution in [0.1, 0.15) is 11.1 Å². The highest BCUT2D eigenvalue weighted by molar-refractivity contribution is 5.74. The van der Waals surface area contributed by atoms with Gasteiger partial charge in [0.25, 0.3) is 0 Å². The van der Waals surface area contributed by atoms with Gasteiger partial charge < -0.3 is 11.5 Å². The number of nitrogens with two attached hydrogens (primary N) is 2. The van der Waals surface area contributed by atoms with Crippen molar-refractivity contribution in [3.8, 4) is 11.1 Å². The van der Waals surface area contributed by atoms with Crippen LogP contribution in [-0.2, 0) is 12.4 Å². The van der Waals surface area contributed by atoms with Gasteiger partial charge in [-0.2, -0.15) is 26.3 Å². The molecule has 0 amide bonds. The molecular formula is C14H10F6N2. The zero-order valence-electron chi connectivity index (χ0n) is 10.9. The number of alkyl halides is 6. The van der Waals surface area contributed by atoms with Crippen molar-refractivity contribution in [1.82, 2.24) is 0 Å². The molecule has 0 saturated heterocycles. The first-order chi connectivity index (χ1) is 10.00. The smallest absolute Gasteiger partial charge is 0.399 e. The Morgan fingerprint density at radius 2 is 1.18 bits per heavy atom. The van der Waals surface area contributed by atoms with Crippen LogP contribution in [0, 0.1) is 0 Å². The third-order valence-electron chi connectivity index (χ3n) is 3.02. The Labute approximate surface area is 121 Å². The minimum Gasteiger partial charge on any atom is -0.399 e. The molecule has 0 aliphatic heterocycles. The highest BCUT2D eigenvalue weighted by Crippen LogP contribution is 2.43. The van der Waals surface area contributed by atoms with Gasteiger partial charge in [-0.3, -0.25) is 0 Å². The summed E-state index contributed by atoms with van der Waals surface area (Å²) in [5.74, 6) is 0. The van der Waals surface area contributed by atoms with Crippen LogP contribution in [0.5, 0.6) is 0 Å². The molecule has 118 valence electrons. The monoisotopic (exact) mass is 320 g/mol. The van der Waals surface area contributed by atoms with E-state index in [1.54, 1.807) is 0 Å². The molecule has 0 bridgehead atoms. The van der Waals surface area contributed by atoms with Crippen molar-refractivity contribution in [3.05, 3.63) is 47.5 Å². The van der Waals surface area contributed by atoms with Crippen LogP contribution >= 0.6 is 0 Å². The predicted molar refractivity (Wildman–Crippen MR) is 70.7 cm³/mol. The molecule has 2 aromatic carbocycles. The number of rotatable bonds is 1. The van der Waals surface area contributed by atoms with E-state index in [0.29, 0.717) is 12.1 Å². The largest absolute Gasteiger partial charge is 0.418 e. The maximum Gasteiger partial charge on any atom is 0.418 e. The average Bonchev–Trinajstić information content (AvgIpc) is 2.37. The predicted octanol–water partition coefficient (Wildman–Crippen LogP) is 4.56. The van der Waals surface area contributed by atoms with Crippen LogP contribution in [0.25, 0.3) is 11.1 Å². The van der Waals surface area contributed by atoms with Crippen molar-refractivity contribution >= 4 is 11.4 Å². The maximum absolute atomic E-state index is 13.1. The SMILES string of the molecule is Nc1ccc(-c2cc(C(F)(F)F)c(N)cc2C(F)(F)F)cc1. The van der Waals surface area contributed by atoms with Crippen LogP contribution in [0.2, 0.25) is 0 Å². The van der Waals surface area contributed by atoms with E-state index in [2.05, 4.69) is 0 Å². The molecule has 2 aromatic rings. The molecule has 0 heterocycles. The minimum atomic E-state index is -4.85. The Bertz CT molecular complexity index is 686. The van der Waals surface area contributed by atoms with Crippen molar-refractivity contribution < 1.29 is 26.3 Å². The van der Waals surface area contributed by atoms with Gasteiger partial charge in [0.2, 0.25) is 0 Å². The number of hydrogen-bond donors (Lipinski definition) is 2. The molecule has 0 spiro atoms. The maximum atomic E-state index is 13.1. The van der Waals surface area contributed by atoms with E-state index in [1.807, 2.05) is 0 Å². The normalized spacial score (nSPS) is 12.5. The number of nitrogen functional groups attached to an aromatic ring is 2. The van der Waals surface area contributed by atoms with E-state index < -0.39 is 34.7 Å². The molecule has 0 radical (unpaired) electrons. The van der Waals surface area contributed by atoms with Crippen molar-refractivity contribution in [2.75, 3.05) is 11.5 Å². The third-order valence-corrected chi connectivity index (χ3v) is 3.02. The first kappa shape index (κ1) is 16.0. The van der Waals surface area contributed by atoms with Gasteiger partial charge >= 0.3 is 12.4 Å². The molecule has 0 saturated carbocycles. The average molecular weight is 320 g/mol. The summed E-state index contributed by atoms with van der Waals surface area (Å²) in [5.41, 5.74) is 6.69. The lowest BCUT2D eigenvalue weighted by Gasteiger charge is -2.18. The van der Waals surface area contributed by atoms with E-state index in [-0.39, 0.29) is 11.3 Å². The fraction of sp³-hybridized carbons (Fsp3) is 0.143. The Morgan fingerprint density at radius 1 is 0.682 bits per heavy atom. The third kappa shape index (κ3) is 3.10. The summed E-state index contributed by atoms with van der Waals surface area (Å²) in [6, 6.07) is 5.75. The lowest BCUT2D eigenvalue weighted by atomic mass is 9.95. The Kier molecular flexibility index (Phi) is 3.72. The molecule has 0 unspecified atom stereocenters. The number of anilines is 2. The fourth-order valence-corrected chi connectivity index (χ4v) is 2.00. The molecule has 4 N–H and O–H groups in total. The molecule has 0 fully saturated rings. The van der Waals surface area contributed by atoms with E-state index >= 15 is 0 Å². The first-order valence-electron chi connectivity index (χ1n) is 5.94. The second-order valence-electron chi connectivity index (χ2n) is 4.60. The first-order valence-corrected chi connectivity index (χ1v) is 5.94. The van der Waals surface area contributed by atoms with Gasteiger partial charge in [-0.15, -0.1) is 0 Å². The second kappa shape index (κ2) is 5.11. The van der Waals surface area contributed by atoms with Gasteiger partial charge in [-0.1, -0.05) is 12.1 Å². The minimum absolute atomic E-state index is 0.0352. The fourth-order valence-electron chi connectivity index (χ4n) is 2.00. The van der Waals surface area contributed by atoms with Crippen LogP contribution in [0.15, 0.2) is 36.4 Å². The molecule has 0 atom stereocenters. The zero-order chi connectivity index (χ0) is 16.7. The van der Waals surface area contributed by atoms with Crippen LogP contribution < -0.4 is 11.5 Å². The van der Waals surface area contributed by atoms with E-state index in [9.17, 15) is 26.3 Å². The summed E-state index contributed by atoms with van der Waals surface area (Å²) >= 11 is 0. The van der Waals surface area contributed by atoms with Gasteiger partial charge in [0.1, 0.15) is 0 Å². The standard InChI is InChI=1S/C14H10F6N2/c15-13(16,17)10-6-12(22)11(14(18,19)20)5-9(10)7-1-3-8(21)4-2-7/h1-6H,21-22H2. The van der Waals surface area contributed by atoms with Crippen molar-refractivity contribution in [1.29, 1.82) is 0 Å². The molecule has 8 heteroatoms. The van der Waals surface area contributed by atoms with Gasteiger partial charge in [-0.25, -0.2) is 0 Å². The quantitative estimate of drug-likeness (QED) is 0.598. The van der Waals surface area contributed by atoms with Crippen LogP contribution in [0.4, 0.5) is 37.7 Å². The summed E-state index contributed by atoms with van der Waals surface area (Å²) in [7, 11) is 0. The van der Waals surface area contributed by atoms with Gasteiger partial charge in [-0.05, 0) is 35.4 Å². The Morgan fingerprint density at radius 3 is 1.64 bits per heavy atom.